The van der Waals surface area contributed by atoms with Gasteiger partial charge in [-0.1, -0.05) is 25.5 Å². The molecule has 0 amide bonds. The molecule has 19 heavy (non-hydrogen) atoms. The van der Waals surface area contributed by atoms with Crippen molar-refractivity contribution in [3.8, 4) is 0 Å². The van der Waals surface area contributed by atoms with Crippen molar-refractivity contribution in [1.29, 1.82) is 0 Å². The molecule has 1 aliphatic carbocycles. The summed E-state index contributed by atoms with van der Waals surface area (Å²) < 4.78 is 0. The Labute approximate surface area is 119 Å². The van der Waals surface area contributed by atoms with Gasteiger partial charge in [-0.25, -0.2) is 0 Å². The zero-order chi connectivity index (χ0) is 13.6. The van der Waals surface area contributed by atoms with E-state index in [1.807, 2.05) is 0 Å². The van der Waals surface area contributed by atoms with Crippen LogP contribution in [0.2, 0.25) is 0 Å². The number of hydrogen-bond donors (Lipinski definition) is 1. The van der Waals surface area contributed by atoms with E-state index in [0.29, 0.717) is 5.54 Å². The second-order valence-electron chi connectivity index (χ2n) is 6.40. The Bertz CT molecular complexity index is 292. The maximum atomic E-state index is 3.81. The lowest BCUT2D eigenvalue weighted by atomic mass is 9.92. The maximum absolute atomic E-state index is 3.81. The number of rotatable bonds is 5. The fraction of sp³-hybridized carbons (Fsp3) is 0.882. The topological polar surface area (TPSA) is 15.3 Å². The van der Waals surface area contributed by atoms with E-state index < -0.39 is 0 Å². The largest absolute Gasteiger partial charge is 0.310 e. The van der Waals surface area contributed by atoms with Crippen LogP contribution in [0.3, 0.4) is 0 Å². The Hall–Kier alpha value is -0.340. The maximum Gasteiger partial charge on any atom is 0.0303 e. The van der Waals surface area contributed by atoms with E-state index in [1.165, 1.54) is 77.5 Å². The quantitative estimate of drug-likeness (QED) is 0.761. The van der Waals surface area contributed by atoms with Gasteiger partial charge in [0, 0.05) is 18.6 Å². The molecule has 0 aromatic heterocycles. The summed E-state index contributed by atoms with van der Waals surface area (Å²) in [6, 6.07) is 0. The van der Waals surface area contributed by atoms with Gasteiger partial charge in [0.15, 0.2) is 0 Å². The minimum atomic E-state index is 0.372. The Morgan fingerprint density at radius 3 is 2.74 bits per heavy atom. The predicted octanol–water partition coefficient (Wildman–Crippen LogP) is 3.73. The van der Waals surface area contributed by atoms with Gasteiger partial charge in [0.1, 0.15) is 0 Å². The van der Waals surface area contributed by atoms with Crippen molar-refractivity contribution in [3.63, 3.8) is 0 Å². The van der Waals surface area contributed by atoms with Crippen LogP contribution in [0.1, 0.15) is 65.2 Å². The molecule has 1 saturated heterocycles. The molecule has 0 saturated carbocycles. The van der Waals surface area contributed by atoms with Crippen LogP contribution in [0, 0.1) is 0 Å². The lowest BCUT2D eigenvalue weighted by Gasteiger charge is -2.35. The van der Waals surface area contributed by atoms with E-state index in [1.54, 1.807) is 5.57 Å². The summed E-state index contributed by atoms with van der Waals surface area (Å²) in [4.78, 5) is 2.71. The predicted molar refractivity (Wildman–Crippen MR) is 83.5 cm³/mol. The summed E-state index contributed by atoms with van der Waals surface area (Å²) in [6.07, 6.45) is 13.1. The lowest BCUT2D eigenvalue weighted by Crippen LogP contribution is -2.50. The molecule has 0 spiro atoms. The number of allylic oxidation sites excluding steroid dienone is 1. The highest BCUT2D eigenvalue weighted by molar-refractivity contribution is 5.05. The molecule has 1 fully saturated rings. The van der Waals surface area contributed by atoms with Crippen LogP contribution >= 0.6 is 0 Å². The molecule has 1 heterocycles. The van der Waals surface area contributed by atoms with Crippen molar-refractivity contribution in [3.05, 3.63) is 11.6 Å². The molecular formula is C17H32N2. The second-order valence-corrected chi connectivity index (χ2v) is 6.40. The molecule has 0 atom stereocenters. The normalized spacial score (nSPS) is 24.8. The molecule has 1 aliphatic heterocycles. The zero-order valence-corrected chi connectivity index (χ0v) is 13.0. The number of hydrogen-bond acceptors (Lipinski definition) is 2. The van der Waals surface area contributed by atoms with Crippen LogP contribution in [0.4, 0.5) is 0 Å². The van der Waals surface area contributed by atoms with Crippen molar-refractivity contribution in [1.82, 2.24) is 10.2 Å². The van der Waals surface area contributed by atoms with Gasteiger partial charge in [-0.3, -0.25) is 0 Å². The summed E-state index contributed by atoms with van der Waals surface area (Å²) in [6.45, 7) is 9.67. The van der Waals surface area contributed by atoms with Crippen LogP contribution in [0.15, 0.2) is 11.6 Å². The van der Waals surface area contributed by atoms with Crippen molar-refractivity contribution in [2.24, 2.45) is 0 Å². The Balaban J connectivity index is 1.86. The van der Waals surface area contributed by atoms with Crippen LogP contribution in [0.25, 0.3) is 0 Å². The molecule has 2 nitrogen and oxygen atoms in total. The first-order valence-electron chi connectivity index (χ1n) is 8.43. The molecule has 1 N–H and O–H groups in total. The SMILES string of the molecule is CCC1(CC)CN(CCC2=CCCCC2)CCCN1. The van der Waals surface area contributed by atoms with E-state index in [2.05, 4.69) is 30.1 Å². The van der Waals surface area contributed by atoms with Crippen molar-refractivity contribution >= 4 is 0 Å². The molecule has 0 aromatic carbocycles. The monoisotopic (exact) mass is 264 g/mol. The average molecular weight is 264 g/mol. The van der Waals surface area contributed by atoms with Crippen molar-refractivity contribution < 1.29 is 0 Å². The van der Waals surface area contributed by atoms with E-state index in [4.69, 9.17) is 0 Å². The van der Waals surface area contributed by atoms with E-state index in [-0.39, 0.29) is 0 Å². The second kappa shape index (κ2) is 7.44. The molecule has 2 aliphatic rings. The minimum Gasteiger partial charge on any atom is -0.310 e. The third kappa shape index (κ3) is 4.32. The third-order valence-corrected chi connectivity index (χ3v) is 5.17. The summed E-state index contributed by atoms with van der Waals surface area (Å²) in [5, 5.41) is 3.81. The first kappa shape index (κ1) is 15.1. The summed E-state index contributed by atoms with van der Waals surface area (Å²) >= 11 is 0. The van der Waals surface area contributed by atoms with Crippen molar-refractivity contribution in [2.45, 2.75) is 70.8 Å². The van der Waals surface area contributed by atoms with Gasteiger partial charge in [0.05, 0.1) is 0 Å². The summed E-state index contributed by atoms with van der Waals surface area (Å²) in [7, 11) is 0. The number of nitrogens with one attached hydrogen (secondary N) is 1. The molecule has 0 radical (unpaired) electrons. The molecule has 0 aromatic rings. The van der Waals surface area contributed by atoms with Crippen LogP contribution < -0.4 is 5.32 Å². The molecule has 0 bridgehead atoms. The summed E-state index contributed by atoms with van der Waals surface area (Å²) in [5.41, 5.74) is 2.10. The number of nitrogens with zero attached hydrogens (tertiary/aromatic N) is 1. The molecule has 2 heteroatoms. The molecule has 0 unspecified atom stereocenters. The van der Waals surface area contributed by atoms with Gasteiger partial charge in [-0.05, 0) is 64.5 Å². The third-order valence-electron chi connectivity index (χ3n) is 5.17. The fourth-order valence-electron chi connectivity index (χ4n) is 3.57. The fourth-order valence-corrected chi connectivity index (χ4v) is 3.57. The molecular weight excluding hydrogens is 232 g/mol. The van der Waals surface area contributed by atoms with Crippen LogP contribution in [-0.2, 0) is 0 Å². The average Bonchev–Trinajstić information content (AvgIpc) is 2.69. The summed E-state index contributed by atoms with van der Waals surface area (Å²) in [5.74, 6) is 0. The van der Waals surface area contributed by atoms with Gasteiger partial charge >= 0.3 is 0 Å². The molecule has 2 rings (SSSR count). The van der Waals surface area contributed by atoms with Gasteiger partial charge < -0.3 is 10.2 Å². The van der Waals surface area contributed by atoms with Crippen LogP contribution in [-0.4, -0.2) is 36.6 Å². The van der Waals surface area contributed by atoms with E-state index in [0.717, 1.165) is 0 Å². The Kier molecular flexibility index (Phi) is 5.90. The first-order chi connectivity index (χ1) is 9.28. The van der Waals surface area contributed by atoms with E-state index >= 15 is 0 Å². The van der Waals surface area contributed by atoms with Crippen LogP contribution in [0.5, 0.6) is 0 Å². The van der Waals surface area contributed by atoms with E-state index in [9.17, 15) is 0 Å². The van der Waals surface area contributed by atoms with Gasteiger partial charge in [-0.2, -0.15) is 0 Å². The Morgan fingerprint density at radius 2 is 2.05 bits per heavy atom. The highest BCUT2D eigenvalue weighted by atomic mass is 15.2. The lowest BCUT2D eigenvalue weighted by molar-refractivity contribution is 0.198. The minimum absolute atomic E-state index is 0.372. The van der Waals surface area contributed by atoms with Gasteiger partial charge in [0.25, 0.3) is 0 Å². The van der Waals surface area contributed by atoms with Crippen molar-refractivity contribution in [2.75, 3.05) is 26.2 Å². The first-order valence-corrected chi connectivity index (χ1v) is 8.43. The van der Waals surface area contributed by atoms with Gasteiger partial charge in [-0.15, -0.1) is 0 Å². The Morgan fingerprint density at radius 1 is 1.21 bits per heavy atom. The zero-order valence-electron chi connectivity index (χ0n) is 13.0. The van der Waals surface area contributed by atoms with Gasteiger partial charge in [0.2, 0.25) is 0 Å². The standard InChI is InChI=1S/C17H32N2/c1-3-17(4-2)15-19(13-8-12-18-17)14-11-16-9-6-5-7-10-16/h9,18H,3-8,10-15H2,1-2H3. The highest BCUT2D eigenvalue weighted by Crippen LogP contribution is 2.23. The smallest absolute Gasteiger partial charge is 0.0303 e. The molecule has 110 valence electrons. The highest BCUT2D eigenvalue weighted by Gasteiger charge is 2.29.